The van der Waals surface area contributed by atoms with Gasteiger partial charge in [-0.2, -0.15) is 0 Å². The minimum Gasteiger partial charge on any atom is -0.493 e. The molecule has 9 heteroatoms. The van der Waals surface area contributed by atoms with E-state index >= 15 is 0 Å². The smallest absolute Gasteiger partial charge is 0.246 e. The van der Waals surface area contributed by atoms with Crippen molar-refractivity contribution in [3.8, 4) is 23.1 Å². The Bertz CT molecular complexity index is 1860. The molecule has 1 saturated heterocycles. The first-order valence-corrected chi connectivity index (χ1v) is 18.4. The van der Waals surface area contributed by atoms with Crippen LogP contribution in [0.3, 0.4) is 0 Å². The molecule has 0 bridgehead atoms. The van der Waals surface area contributed by atoms with Gasteiger partial charge in [0, 0.05) is 57.5 Å². The number of nitrogens with zero attached hydrogens (tertiary/aromatic N) is 4. The Morgan fingerprint density at radius 2 is 1.57 bits per heavy atom. The fraction of sp³-hybridized carbons (Fsp3) is 0.310. The maximum atomic E-state index is 13.1. The largest absolute Gasteiger partial charge is 0.493 e. The fourth-order valence-electron chi connectivity index (χ4n) is 6.03. The number of piperazine rings is 1. The molecule has 0 radical (unpaired) electrons. The van der Waals surface area contributed by atoms with Crippen molar-refractivity contribution in [1.29, 1.82) is 0 Å². The molecule has 6 rings (SSSR count). The number of carbonyl (C=O) groups excluding carboxylic acids is 1. The van der Waals surface area contributed by atoms with Crippen molar-refractivity contribution >= 4 is 23.3 Å². The Labute approximate surface area is 305 Å². The lowest BCUT2D eigenvalue weighted by molar-refractivity contribution is -0.127. The predicted octanol–water partition coefficient (Wildman–Crippen LogP) is 8.63. The summed E-state index contributed by atoms with van der Waals surface area (Å²) in [5.74, 6) is 3.39. The molecule has 0 saturated carbocycles. The van der Waals surface area contributed by atoms with Gasteiger partial charge in [-0.05, 0) is 89.6 Å². The second kappa shape index (κ2) is 17.3. The standard InChI is InChI=1S/C42H46N4O4S/c1-30(2)36-10-12-37(13-11-36)48-22-17-33-5-7-34(8-6-33)27-45-18-20-46(21-19-45)41(47)16-9-35-23-31(3)42(32(4)24-35)50-40-15-14-38(25-44-40)49-28-39-26-43-29-51-39/h5-16,23-26,29-30H,17-22,27-28H2,1-4H3/b16-9+. The number of aryl methyl sites for hydroxylation is 2. The third-order valence-electron chi connectivity index (χ3n) is 9.00. The summed E-state index contributed by atoms with van der Waals surface area (Å²) in [4.78, 5) is 27.0. The fourth-order valence-corrected chi connectivity index (χ4v) is 6.54. The molecule has 0 spiro atoms. The summed E-state index contributed by atoms with van der Waals surface area (Å²) in [6.07, 6.45) is 7.90. The quantitative estimate of drug-likeness (QED) is 0.107. The number of ether oxygens (including phenoxy) is 3. The molecule has 5 aromatic rings. The molecular weight excluding hydrogens is 657 g/mol. The number of aromatic nitrogens is 2. The lowest BCUT2D eigenvalue weighted by Gasteiger charge is -2.34. The summed E-state index contributed by atoms with van der Waals surface area (Å²) in [5.41, 5.74) is 8.56. The van der Waals surface area contributed by atoms with E-state index in [1.165, 1.54) is 16.7 Å². The molecule has 3 heterocycles. The molecule has 1 fully saturated rings. The van der Waals surface area contributed by atoms with E-state index < -0.39 is 0 Å². The van der Waals surface area contributed by atoms with E-state index in [0.717, 1.165) is 59.1 Å². The summed E-state index contributed by atoms with van der Waals surface area (Å²) in [5, 5.41) is 0. The molecule has 0 unspecified atom stereocenters. The first-order valence-electron chi connectivity index (χ1n) is 17.5. The first-order chi connectivity index (χ1) is 24.8. The highest BCUT2D eigenvalue weighted by Gasteiger charge is 2.20. The zero-order valence-electron chi connectivity index (χ0n) is 29.9. The molecule has 1 aliphatic heterocycles. The van der Waals surface area contributed by atoms with Crippen molar-refractivity contribution in [2.24, 2.45) is 0 Å². The summed E-state index contributed by atoms with van der Waals surface area (Å²) in [7, 11) is 0. The Morgan fingerprint density at radius 3 is 2.22 bits per heavy atom. The van der Waals surface area contributed by atoms with E-state index in [9.17, 15) is 4.79 Å². The molecule has 3 aromatic carbocycles. The zero-order chi connectivity index (χ0) is 35.6. The number of thiazole rings is 1. The van der Waals surface area contributed by atoms with Gasteiger partial charge in [-0.1, -0.05) is 50.2 Å². The van der Waals surface area contributed by atoms with Crippen molar-refractivity contribution in [1.82, 2.24) is 19.8 Å². The lowest BCUT2D eigenvalue weighted by atomic mass is 10.0. The molecule has 1 amide bonds. The topological polar surface area (TPSA) is 77.0 Å². The van der Waals surface area contributed by atoms with Gasteiger partial charge in [0.1, 0.15) is 23.9 Å². The molecule has 2 aromatic heterocycles. The van der Waals surface area contributed by atoms with E-state index in [-0.39, 0.29) is 5.91 Å². The van der Waals surface area contributed by atoms with Crippen LogP contribution in [0.2, 0.25) is 0 Å². The Kier molecular flexibility index (Phi) is 12.1. The van der Waals surface area contributed by atoms with Gasteiger partial charge in [0.25, 0.3) is 0 Å². The van der Waals surface area contributed by atoms with Gasteiger partial charge < -0.3 is 19.1 Å². The number of amides is 1. The van der Waals surface area contributed by atoms with Crippen LogP contribution >= 0.6 is 11.3 Å². The van der Waals surface area contributed by atoms with Crippen LogP contribution in [0.1, 0.15) is 58.0 Å². The van der Waals surface area contributed by atoms with Crippen molar-refractivity contribution < 1.29 is 19.0 Å². The van der Waals surface area contributed by atoms with Gasteiger partial charge in [0.2, 0.25) is 11.8 Å². The van der Waals surface area contributed by atoms with E-state index in [1.54, 1.807) is 41.4 Å². The van der Waals surface area contributed by atoms with Gasteiger partial charge >= 0.3 is 0 Å². The van der Waals surface area contributed by atoms with Crippen molar-refractivity contribution in [2.75, 3.05) is 32.8 Å². The van der Waals surface area contributed by atoms with Crippen LogP contribution in [0.5, 0.6) is 23.1 Å². The van der Waals surface area contributed by atoms with Gasteiger partial charge in [-0.15, -0.1) is 11.3 Å². The van der Waals surface area contributed by atoms with Crippen molar-refractivity contribution in [3.05, 3.63) is 135 Å². The Balaban J connectivity index is 0.923. The number of carbonyl (C=O) groups is 1. The summed E-state index contributed by atoms with van der Waals surface area (Å²) >= 11 is 1.55. The molecule has 8 nitrogen and oxygen atoms in total. The maximum Gasteiger partial charge on any atom is 0.246 e. The van der Waals surface area contributed by atoms with Gasteiger partial charge in [-0.25, -0.2) is 4.98 Å². The van der Waals surface area contributed by atoms with Crippen LogP contribution in [-0.4, -0.2) is 58.5 Å². The van der Waals surface area contributed by atoms with E-state index in [4.69, 9.17) is 14.2 Å². The van der Waals surface area contributed by atoms with Crippen LogP contribution < -0.4 is 14.2 Å². The second-order valence-corrected chi connectivity index (χ2v) is 14.2. The molecule has 0 atom stereocenters. The first kappa shape index (κ1) is 35.8. The van der Waals surface area contributed by atoms with Gasteiger partial charge in [-0.3, -0.25) is 14.7 Å². The summed E-state index contributed by atoms with van der Waals surface area (Å²) < 4.78 is 17.9. The highest BCUT2D eigenvalue weighted by Crippen LogP contribution is 2.30. The number of rotatable bonds is 14. The monoisotopic (exact) mass is 702 g/mol. The number of hydrogen-bond donors (Lipinski definition) is 0. The van der Waals surface area contributed by atoms with E-state index in [0.29, 0.717) is 43.9 Å². The van der Waals surface area contributed by atoms with Crippen LogP contribution in [-0.2, 0) is 24.4 Å². The van der Waals surface area contributed by atoms with Crippen LogP contribution in [0.4, 0.5) is 0 Å². The van der Waals surface area contributed by atoms with Crippen molar-refractivity contribution in [3.63, 3.8) is 0 Å². The highest BCUT2D eigenvalue weighted by atomic mass is 32.1. The normalized spacial score (nSPS) is 13.5. The Morgan fingerprint density at radius 1 is 0.863 bits per heavy atom. The van der Waals surface area contributed by atoms with E-state index in [1.807, 2.05) is 43.0 Å². The SMILES string of the molecule is Cc1cc(/C=C/C(=O)N2CCN(Cc3ccc(CCOc4ccc(C(C)C)cc4)cc3)CC2)cc(C)c1Oc1ccc(OCc2cncs2)cn1. The third kappa shape index (κ3) is 10.3. The van der Waals surface area contributed by atoms with Gasteiger partial charge in [0.15, 0.2) is 0 Å². The van der Waals surface area contributed by atoms with Crippen LogP contribution in [0.15, 0.2) is 96.8 Å². The summed E-state index contributed by atoms with van der Waals surface area (Å²) in [6.45, 7) is 13.5. The number of hydrogen-bond acceptors (Lipinski definition) is 8. The summed E-state index contributed by atoms with van der Waals surface area (Å²) in [6, 6.07) is 24.9. The molecule has 264 valence electrons. The van der Waals surface area contributed by atoms with Crippen LogP contribution in [0.25, 0.3) is 6.08 Å². The Hall–Kier alpha value is -4.99. The number of benzene rings is 3. The highest BCUT2D eigenvalue weighted by molar-refractivity contribution is 7.09. The maximum absolute atomic E-state index is 13.1. The minimum atomic E-state index is 0.0366. The molecular formula is C42H46N4O4S. The molecule has 1 aliphatic rings. The second-order valence-electron chi connectivity index (χ2n) is 13.2. The van der Waals surface area contributed by atoms with Gasteiger partial charge in [0.05, 0.1) is 23.2 Å². The van der Waals surface area contributed by atoms with Crippen LogP contribution in [0, 0.1) is 13.8 Å². The minimum absolute atomic E-state index is 0.0366. The third-order valence-corrected chi connectivity index (χ3v) is 9.75. The number of pyridine rings is 1. The average molecular weight is 703 g/mol. The molecule has 0 aliphatic carbocycles. The van der Waals surface area contributed by atoms with Crippen molar-refractivity contribution in [2.45, 2.75) is 53.2 Å². The average Bonchev–Trinajstić information content (AvgIpc) is 3.67. The zero-order valence-corrected chi connectivity index (χ0v) is 30.7. The predicted molar refractivity (Wildman–Crippen MR) is 204 cm³/mol. The molecule has 51 heavy (non-hydrogen) atoms. The molecule has 0 N–H and O–H groups in total. The van der Waals surface area contributed by atoms with E-state index in [2.05, 4.69) is 77.2 Å². The lowest BCUT2D eigenvalue weighted by Crippen LogP contribution is -2.47.